The van der Waals surface area contributed by atoms with Crippen molar-refractivity contribution >= 4 is 22.4 Å². The summed E-state index contributed by atoms with van der Waals surface area (Å²) in [5, 5.41) is 28.2. The van der Waals surface area contributed by atoms with Crippen molar-refractivity contribution in [3.05, 3.63) is 45.5 Å². The number of nitrogens with zero attached hydrogens (tertiary/aromatic N) is 3. The van der Waals surface area contributed by atoms with E-state index in [2.05, 4.69) is 0 Å². The smallest absolute Gasteiger partial charge is 0.258 e. The van der Waals surface area contributed by atoms with Crippen molar-refractivity contribution in [1.29, 1.82) is 10.5 Å². The zero-order valence-corrected chi connectivity index (χ0v) is 9.69. The fraction of sp³-hybridized carbons (Fsp3) is 0.0909. The Morgan fingerprint density at radius 1 is 1.41 bits per heavy atom. The SMILES string of the molecule is CSC(=C(C#N)C#N)c1cccc([N+](=O)[O-])c1. The lowest BCUT2D eigenvalue weighted by molar-refractivity contribution is -0.384. The third-order valence-electron chi connectivity index (χ3n) is 1.97. The average Bonchev–Trinajstić information content (AvgIpc) is 2.35. The highest BCUT2D eigenvalue weighted by atomic mass is 32.2. The summed E-state index contributed by atoms with van der Waals surface area (Å²) in [6.07, 6.45) is 1.71. The average molecular weight is 245 g/mol. The van der Waals surface area contributed by atoms with Crippen LogP contribution in [-0.4, -0.2) is 11.2 Å². The maximum Gasteiger partial charge on any atom is 0.270 e. The Balaban J connectivity index is 3.38. The number of allylic oxidation sites excluding steroid dienone is 1. The summed E-state index contributed by atoms with van der Waals surface area (Å²) in [7, 11) is 0. The number of nitro groups is 1. The van der Waals surface area contributed by atoms with E-state index in [1.54, 1.807) is 24.5 Å². The van der Waals surface area contributed by atoms with Crippen LogP contribution in [0.2, 0.25) is 0 Å². The van der Waals surface area contributed by atoms with E-state index in [0.29, 0.717) is 10.5 Å². The highest BCUT2D eigenvalue weighted by Gasteiger charge is 2.12. The van der Waals surface area contributed by atoms with E-state index in [4.69, 9.17) is 10.5 Å². The minimum atomic E-state index is -0.514. The van der Waals surface area contributed by atoms with Crippen molar-refractivity contribution in [2.75, 3.05) is 6.26 Å². The van der Waals surface area contributed by atoms with E-state index in [-0.39, 0.29) is 11.3 Å². The lowest BCUT2D eigenvalue weighted by Gasteiger charge is -2.03. The zero-order chi connectivity index (χ0) is 12.8. The number of rotatable bonds is 3. The van der Waals surface area contributed by atoms with Gasteiger partial charge in [0.15, 0.2) is 0 Å². The Bertz CT molecular complexity index is 551. The molecule has 0 unspecified atom stereocenters. The summed E-state index contributed by atoms with van der Waals surface area (Å²) < 4.78 is 0. The third kappa shape index (κ3) is 2.83. The molecule has 84 valence electrons. The van der Waals surface area contributed by atoms with Crippen molar-refractivity contribution in [2.45, 2.75) is 0 Å². The Labute approximate surface area is 102 Å². The summed E-state index contributed by atoms with van der Waals surface area (Å²) in [6.45, 7) is 0. The molecule has 0 aromatic heterocycles. The van der Waals surface area contributed by atoms with Gasteiger partial charge < -0.3 is 0 Å². The Hall–Kier alpha value is -2.31. The molecule has 0 saturated heterocycles. The predicted octanol–water partition coefficient (Wildman–Crippen LogP) is 2.72. The van der Waals surface area contributed by atoms with E-state index in [0.717, 1.165) is 0 Å². The molecule has 0 heterocycles. The van der Waals surface area contributed by atoms with Gasteiger partial charge in [-0.2, -0.15) is 10.5 Å². The lowest BCUT2D eigenvalue weighted by atomic mass is 10.1. The molecule has 0 saturated carbocycles. The van der Waals surface area contributed by atoms with Gasteiger partial charge in [0.2, 0.25) is 0 Å². The topological polar surface area (TPSA) is 90.7 Å². The first kappa shape index (κ1) is 12.8. The molecule has 6 heteroatoms. The number of hydrogen-bond donors (Lipinski definition) is 0. The molecular weight excluding hydrogens is 238 g/mol. The molecule has 0 amide bonds. The van der Waals surface area contributed by atoms with Crippen LogP contribution in [0.3, 0.4) is 0 Å². The highest BCUT2D eigenvalue weighted by molar-refractivity contribution is 8.07. The molecule has 1 aromatic carbocycles. The number of non-ortho nitro benzene ring substituents is 1. The molecule has 0 spiro atoms. The summed E-state index contributed by atoms with van der Waals surface area (Å²) in [6, 6.07) is 9.42. The van der Waals surface area contributed by atoms with Crippen molar-refractivity contribution in [1.82, 2.24) is 0 Å². The zero-order valence-electron chi connectivity index (χ0n) is 8.88. The number of benzene rings is 1. The first-order chi connectivity index (χ1) is 8.13. The Morgan fingerprint density at radius 3 is 2.53 bits per heavy atom. The first-order valence-corrected chi connectivity index (χ1v) is 5.69. The van der Waals surface area contributed by atoms with E-state index in [1.807, 2.05) is 0 Å². The lowest BCUT2D eigenvalue weighted by Crippen LogP contribution is -1.90. The maximum atomic E-state index is 10.6. The van der Waals surface area contributed by atoms with E-state index in [9.17, 15) is 10.1 Å². The van der Waals surface area contributed by atoms with Crippen LogP contribution in [0.4, 0.5) is 5.69 Å². The molecule has 0 aliphatic carbocycles. The molecule has 0 aliphatic heterocycles. The van der Waals surface area contributed by atoms with E-state index in [1.165, 1.54) is 30.0 Å². The minimum Gasteiger partial charge on any atom is -0.258 e. The van der Waals surface area contributed by atoms with Crippen molar-refractivity contribution in [3.63, 3.8) is 0 Å². The molecule has 0 aliphatic rings. The fourth-order valence-electron chi connectivity index (χ4n) is 1.25. The van der Waals surface area contributed by atoms with Crippen LogP contribution in [0.1, 0.15) is 5.56 Å². The summed E-state index contributed by atoms with van der Waals surface area (Å²) >= 11 is 1.21. The van der Waals surface area contributed by atoms with Gasteiger partial charge in [0.1, 0.15) is 17.7 Å². The molecule has 0 N–H and O–H groups in total. The Morgan fingerprint density at radius 2 is 2.06 bits per heavy atom. The maximum absolute atomic E-state index is 10.6. The van der Waals surface area contributed by atoms with Gasteiger partial charge in [0, 0.05) is 17.0 Å². The normalized spacial score (nSPS) is 8.88. The number of hydrogen-bond acceptors (Lipinski definition) is 5. The van der Waals surface area contributed by atoms with Gasteiger partial charge >= 0.3 is 0 Å². The monoisotopic (exact) mass is 245 g/mol. The Kier molecular flexibility index (Phi) is 4.27. The van der Waals surface area contributed by atoms with Crippen molar-refractivity contribution < 1.29 is 4.92 Å². The summed E-state index contributed by atoms with van der Waals surface area (Å²) in [5.41, 5.74) is 0.395. The third-order valence-corrected chi connectivity index (χ3v) is 2.82. The van der Waals surface area contributed by atoms with E-state index < -0.39 is 4.92 Å². The van der Waals surface area contributed by atoms with Gasteiger partial charge in [-0.25, -0.2) is 0 Å². The molecule has 1 aromatic rings. The fourth-order valence-corrected chi connectivity index (χ4v) is 1.91. The number of nitro benzene ring substituents is 1. The van der Waals surface area contributed by atoms with E-state index >= 15 is 0 Å². The summed E-state index contributed by atoms with van der Waals surface area (Å²) in [5.74, 6) is 0. The second-order valence-electron chi connectivity index (χ2n) is 2.94. The largest absolute Gasteiger partial charge is 0.270 e. The van der Waals surface area contributed by atoms with Crippen LogP contribution < -0.4 is 0 Å². The van der Waals surface area contributed by atoms with Crippen LogP contribution in [0.25, 0.3) is 4.91 Å². The first-order valence-electron chi connectivity index (χ1n) is 4.47. The molecule has 0 fully saturated rings. The van der Waals surface area contributed by atoms with Crippen molar-refractivity contribution in [3.8, 4) is 12.1 Å². The van der Waals surface area contributed by atoms with Gasteiger partial charge in [0.25, 0.3) is 5.69 Å². The van der Waals surface area contributed by atoms with Gasteiger partial charge in [-0.3, -0.25) is 10.1 Å². The molecule has 0 radical (unpaired) electrons. The van der Waals surface area contributed by atoms with Gasteiger partial charge in [-0.05, 0) is 11.8 Å². The van der Waals surface area contributed by atoms with Crippen LogP contribution in [-0.2, 0) is 0 Å². The minimum absolute atomic E-state index is 0.0435. The standard InChI is InChI=1S/C11H7N3O2S/c1-17-11(9(6-12)7-13)8-3-2-4-10(5-8)14(15)16/h2-5H,1H3. The van der Waals surface area contributed by atoms with Gasteiger partial charge in [0.05, 0.1) is 4.92 Å². The predicted molar refractivity (Wildman–Crippen MR) is 64.8 cm³/mol. The second-order valence-corrected chi connectivity index (χ2v) is 3.76. The van der Waals surface area contributed by atoms with Crippen molar-refractivity contribution in [2.24, 2.45) is 0 Å². The van der Waals surface area contributed by atoms with Crippen LogP contribution in [0.15, 0.2) is 29.8 Å². The number of nitriles is 2. The van der Waals surface area contributed by atoms with Crippen LogP contribution in [0.5, 0.6) is 0 Å². The molecule has 5 nitrogen and oxygen atoms in total. The highest BCUT2D eigenvalue weighted by Crippen LogP contribution is 2.30. The van der Waals surface area contributed by atoms with Crippen LogP contribution >= 0.6 is 11.8 Å². The van der Waals surface area contributed by atoms with Gasteiger partial charge in [-0.15, -0.1) is 11.8 Å². The van der Waals surface area contributed by atoms with Gasteiger partial charge in [-0.1, -0.05) is 12.1 Å². The molecule has 1 rings (SSSR count). The number of thioether (sulfide) groups is 1. The quantitative estimate of drug-likeness (QED) is 0.464. The molecule has 0 bridgehead atoms. The van der Waals surface area contributed by atoms with Crippen LogP contribution in [0, 0.1) is 32.8 Å². The molecular formula is C11H7N3O2S. The molecule has 0 atom stereocenters. The molecule has 17 heavy (non-hydrogen) atoms. The second kappa shape index (κ2) is 5.69. The summed E-state index contributed by atoms with van der Waals surface area (Å²) in [4.78, 5) is 10.6.